The van der Waals surface area contributed by atoms with Crippen LogP contribution in [-0.4, -0.2) is 16.1 Å². The van der Waals surface area contributed by atoms with Crippen molar-refractivity contribution in [3.63, 3.8) is 0 Å². The topological polar surface area (TPSA) is 59.4 Å². The van der Waals surface area contributed by atoms with Crippen molar-refractivity contribution >= 4 is 5.97 Å². The van der Waals surface area contributed by atoms with E-state index < -0.39 is 5.97 Å². The zero-order valence-electron chi connectivity index (χ0n) is 10.2. The second-order valence-corrected chi connectivity index (χ2v) is 4.03. The van der Waals surface area contributed by atoms with Gasteiger partial charge in [-0.25, -0.2) is 9.78 Å². The van der Waals surface area contributed by atoms with E-state index in [2.05, 4.69) is 4.98 Å². The van der Waals surface area contributed by atoms with Crippen LogP contribution in [-0.2, 0) is 0 Å². The van der Waals surface area contributed by atoms with Gasteiger partial charge in [-0.3, -0.25) is 0 Å². The lowest BCUT2D eigenvalue weighted by Crippen LogP contribution is -2.02. The molecule has 92 valence electrons. The van der Waals surface area contributed by atoms with Gasteiger partial charge < -0.3 is 9.84 Å². The Bertz CT molecular complexity index is 593. The third kappa shape index (κ3) is 2.66. The number of aromatic nitrogens is 1. The standard InChI is InChI=1S/C14H13NO3/c1-9-4-3-5-11(8-9)18-13-12(14(16)17)7-6-10(2)15-13/h3-8H,1-2H3,(H,16,17). The van der Waals surface area contributed by atoms with Gasteiger partial charge in [0, 0.05) is 5.69 Å². The number of benzene rings is 1. The van der Waals surface area contributed by atoms with Gasteiger partial charge in [-0.1, -0.05) is 12.1 Å². The summed E-state index contributed by atoms with van der Waals surface area (Å²) in [6.07, 6.45) is 0. The molecule has 0 amide bonds. The molecule has 0 atom stereocenters. The van der Waals surface area contributed by atoms with Crippen molar-refractivity contribution in [3.8, 4) is 11.6 Å². The maximum atomic E-state index is 11.1. The number of aromatic carboxylic acids is 1. The minimum absolute atomic E-state index is 0.0575. The fourth-order valence-corrected chi connectivity index (χ4v) is 1.56. The van der Waals surface area contributed by atoms with Gasteiger partial charge in [0.05, 0.1) is 0 Å². The lowest BCUT2D eigenvalue weighted by atomic mass is 10.2. The molecular formula is C14H13NO3. The highest BCUT2D eigenvalue weighted by Crippen LogP contribution is 2.24. The van der Waals surface area contributed by atoms with Crippen LogP contribution in [0.4, 0.5) is 0 Å². The molecule has 0 aliphatic heterocycles. The summed E-state index contributed by atoms with van der Waals surface area (Å²) in [5.74, 6) is -0.353. The van der Waals surface area contributed by atoms with Crippen LogP contribution in [0.3, 0.4) is 0 Å². The summed E-state index contributed by atoms with van der Waals surface area (Å²) in [5, 5.41) is 9.07. The van der Waals surface area contributed by atoms with E-state index in [4.69, 9.17) is 9.84 Å². The fraction of sp³-hybridized carbons (Fsp3) is 0.143. The van der Waals surface area contributed by atoms with Gasteiger partial charge in [-0.05, 0) is 43.7 Å². The van der Waals surface area contributed by atoms with Gasteiger partial charge in [0.25, 0.3) is 0 Å². The van der Waals surface area contributed by atoms with Gasteiger partial charge in [0.1, 0.15) is 11.3 Å². The molecule has 0 unspecified atom stereocenters. The van der Waals surface area contributed by atoms with E-state index in [1.54, 1.807) is 19.1 Å². The Morgan fingerprint density at radius 3 is 2.67 bits per heavy atom. The highest BCUT2D eigenvalue weighted by Gasteiger charge is 2.13. The number of hydrogen-bond donors (Lipinski definition) is 1. The van der Waals surface area contributed by atoms with Gasteiger partial charge >= 0.3 is 5.97 Å². The first-order chi connectivity index (χ1) is 8.56. The van der Waals surface area contributed by atoms with E-state index in [1.807, 2.05) is 25.1 Å². The summed E-state index contributed by atoms with van der Waals surface area (Å²) in [6.45, 7) is 3.73. The molecule has 0 saturated carbocycles. The summed E-state index contributed by atoms with van der Waals surface area (Å²) in [4.78, 5) is 15.2. The fourth-order valence-electron chi connectivity index (χ4n) is 1.56. The first-order valence-electron chi connectivity index (χ1n) is 5.52. The highest BCUT2D eigenvalue weighted by molar-refractivity contribution is 5.90. The van der Waals surface area contributed by atoms with E-state index in [-0.39, 0.29) is 11.4 Å². The number of hydrogen-bond acceptors (Lipinski definition) is 3. The van der Waals surface area contributed by atoms with E-state index in [0.717, 1.165) is 5.56 Å². The molecule has 1 aromatic carbocycles. The van der Waals surface area contributed by atoms with Crippen LogP contribution in [0.25, 0.3) is 0 Å². The molecule has 1 aromatic heterocycles. The lowest BCUT2D eigenvalue weighted by Gasteiger charge is -2.08. The quantitative estimate of drug-likeness (QED) is 0.899. The SMILES string of the molecule is Cc1cccc(Oc2nc(C)ccc2C(=O)O)c1. The predicted molar refractivity (Wildman–Crippen MR) is 67.2 cm³/mol. The molecule has 0 fully saturated rings. The second-order valence-electron chi connectivity index (χ2n) is 4.03. The molecule has 4 nitrogen and oxygen atoms in total. The Morgan fingerprint density at radius 2 is 2.00 bits per heavy atom. The van der Waals surface area contributed by atoms with Crippen LogP contribution in [0.15, 0.2) is 36.4 Å². The highest BCUT2D eigenvalue weighted by atomic mass is 16.5. The van der Waals surface area contributed by atoms with Crippen LogP contribution in [0.5, 0.6) is 11.6 Å². The van der Waals surface area contributed by atoms with Gasteiger partial charge in [0.15, 0.2) is 0 Å². The lowest BCUT2D eigenvalue weighted by molar-refractivity contribution is 0.0693. The van der Waals surface area contributed by atoms with Crippen molar-refractivity contribution in [2.24, 2.45) is 0 Å². The molecule has 18 heavy (non-hydrogen) atoms. The number of rotatable bonds is 3. The van der Waals surface area contributed by atoms with Crippen LogP contribution in [0.1, 0.15) is 21.6 Å². The molecule has 1 heterocycles. The van der Waals surface area contributed by atoms with Crippen LogP contribution in [0.2, 0.25) is 0 Å². The monoisotopic (exact) mass is 243 g/mol. The van der Waals surface area contributed by atoms with Crippen molar-refractivity contribution in [1.82, 2.24) is 4.98 Å². The van der Waals surface area contributed by atoms with E-state index in [0.29, 0.717) is 11.4 Å². The molecule has 0 saturated heterocycles. The zero-order chi connectivity index (χ0) is 13.1. The number of carbonyl (C=O) groups is 1. The molecule has 2 rings (SSSR count). The molecular weight excluding hydrogens is 230 g/mol. The van der Waals surface area contributed by atoms with Crippen LogP contribution < -0.4 is 4.74 Å². The predicted octanol–water partition coefficient (Wildman–Crippen LogP) is 3.19. The summed E-state index contributed by atoms with van der Waals surface area (Å²) >= 11 is 0. The van der Waals surface area contributed by atoms with Crippen molar-refractivity contribution in [3.05, 3.63) is 53.2 Å². The number of ether oxygens (including phenoxy) is 1. The van der Waals surface area contributed by atoms with Gasteiger partial charge in [0.2, 0.25) is 5.88 Å². The third-order valence-electron chi connectivity index (χ3n) is 2.43. The van der Waals surface area contributed by atoms with Crippen molar-refractivity contribution in [2.75, 3.05) is 0 Å². The third-order valence-corrected chi connectivity index (χ3v) is 2.43. The smallest absolute Gasteiger partial charge is 0.341 e. The van der Waals surface area contributed by atoms with Crippen molar-refractivity contribution in [2.45, 2.75) is 13.8 Å². The Hall–Kier alpha value is -2.36. The maximum Gasteiger partial charge on any atom is 0.341 e. The number of carboxylic acids is 1. The number of aryl methyl sites for hydroxylation is 2. The average molecular weight is 243 g/mol. The van der Waals surface area contributed by atoms with E-state index >= 15 is 0 Å². The minimum Gasteiger partial charge on any atom is -0.477 e. The Morgan fingerprint density at radius 1 is 1.22 bits per heavy atom. The second kappa shape index (κ2) is 4.87. The van der Waals surface area contributed by atoms with Crippen molar-refractivity contribution < 1.29 is 14.6 Å². The molecule has 4 heteroatoms. The summed E-state index contributed by atoms with van der Waals surface area (Å²) < 4.78 is 5.54. The number of pyridine rings is 1. The largest absolute Gasteiger partial charge is 0.477 e. The van der Waals surface area contributed by atoms with E-state index in [9.17, 15) is 4.79 Å². The molecule has 1 N–H and O–H groups in total. The summed E-state index contributed by atoms with van der Waals surface area (Å²) in [6, 6.07) is 10.5. The average Bonchev–Trinajstić information content (AvgIpc) is 2.28. The van der Waals surface area contributed by atoms with Crippen LogP contribution in [0, 0.1) is 13.8 Å². The summed E-state index contributed by atoms with van der Waals surface area (Å²) in [7, 11) is 0. The maximum absolute atomic E-state index is 11.1. The molecule has 0 bridgehead atoms. The van der Waals surface area contributed by atoms with Crippen LogP contribution >= 0.6 is 0 Å². The van der Waals surface area contributed by atoms with Gasteiger partial charge in [-0.2, -0.15) is 0 Å². The molecule has 0 aliphatic carbocycles. The number of nitrogens with zero attached hydrogens (tertiary/aromatic N) is 1. The minimum atomic E-state index is -1.05. The Labute approximate surface area is 105 Å². The van der Waals surface area contributed by atoms with E-state index in [1.165, 1.54) is 6.07 Å². The first kappa shape index (κ1) is 12.1. The summed E-state index contributed by atoms with van der Waals surface area (Å²) in [5.41, 5.74) is 1.81. The molecule has 0 radical (unpaired) electrons. The normalized spacial score (nSPS) is 10.1. The molecule has 2 aromatic rings. The zero-order valence-corrected chi connectivity index (χ0v) is 10.2. The van der Waals surface area contributed by atoms with Gasteiger partial charge in [-0.15, -0.1) is 0 Å². The number of carboxylic acid groups (broad SMARTS) is 1. The first-order valence-corrected chi connectivity index (χ1v) is 5.52. The molecule has 0 spiro atoms. The van der Waals surface area contributed by atoms with Crippen molar-refractivity contribution in [1.29, 1.82) is 0 Å². The Balaban J connectivity index is 2.39. The molecule has 0 aliphatic rings. The Kier molecular flexibility index (Phi) is 3.28.